The highest BCUT2D eigenvalue weighted by Crippen LogP contribution is 2.35. The van der Waals surface area contributed by atoms with Gasteiger partial charge in [-0.2, -0.15) is 0 Å². The van der Waals surface area contributed by atoms with Crippen molar-refractivity contribution in [2.24, 2.45) is 0 Å². The lowest BCUT2D eigenvalue weighted by Gasteiger charge is -2.23. The first-order valence-corrected chi connectivity index (χ1v) is 7.34. The number of fused-ring (bicyclic) bond motifs is 1. The van der Waals surface area contributed by atoms with Crippen LogP contribution in [0.25, 0.3) is 0 Å². The Labute approximate surface area is 111 Å². The van der Waals surface area contributed by atoms with Crippen LogP contribution >= 0.6 is 11.3 Å². The monoisotopic (exact) mass is 262 g/mol. The lowest BCUT2D eigenvalue weighted by Crippen LogP contribution is -2.16. The molecular formula is C14H18N2OS. The first kappa shape index (κ1) is 11.9. The van der Waals surface area contributed by atoms with Crippen molar-refractivity contribution in [1.29, 1.82) is 0 Å². The summed E-state index contributed by atoms with van der Waals surface area (Å²) in [6, 6.07) is 2.41. The molecule has 1 aliphatic rings. The third-order valence-corrected chi connectivity index (χ3v) is 4.76. The third-order valence-electron chi connectivity index (χ3n) is 3.81. The van der Waals surface area contributed by atoms with E-state index < -0.39 is 0 Å². The minimum Gasteiger partial charge on any atom is -0.388 e. The van der Waals surface area contributed by atoms with E-state index >= 15 is 0 Å². The van der Waals surface area contributed by atoms with E-state index in [-0.39, 0.29) is 12.1 Å². The number of aliphatic hydroxyl groups excluding tert-OH is 1. The van der Waals surface area contributed by atoms with Crippen LogP contribution in [0.3, 0.4) is 0 Å². The summed E-state index contributed by atoms with van der Waals surface area (Å²) in [5, 5.41) is 13.2. The van der Waals surface area contributed by atoms with Crippen LogP contribution in [0.5, 0.6) is 0 Å². The second kappa shape index (κ2) is 4.52. The number of hydrogen-bond donors (Lipinski definition) is 1. The Morgan fingerprint density at radius 2 is 2.39 bits per heavy atom. The smallest absolute Gasteiger partial charge is 0.115 e. The summed E-state index contributed by atoms with van der Waals surface area (Å²) in [7, 11) is 0. The molecule has 4 heteroatoms. The van der Waals surface area contributed by atoms with Crippen LogP contribution in [0.4, 0.5) is 0 Å². The van der Waals surface area contributed by atoms with Gasteiger partial charge < -0.3 is 9.67 Å². The maximum absolute atomic E-state index is 10.1. The number of nitrogens with zero attached hydrogens (tertiary/aromatic N) is 2. The number of aromatic nitrogens is 2. The summed E-state index contributed by atoms with van der Waals surface area (Å²) < 4.78 is 2.34. The minimum atomic E-state index is -0.280. The average molecular weight is 262 g/mol. The predicted molar refractivity (Wildman–Crippen MR) is 73.0 cm³/mol. The Kier molecular flexibility index (Phi) is 2.99. The largest absolute Gasteiger partial charge is 0.388 e. The highest BCUT2D eigenvalue weighted by Gasteiger charge is 2.25. The summed E-state index contributed by atoms with van der Waals surface area (Å²) in [6.07, 6.45) is 4.61. The minimum absolute atomic E-state index is 0.263. The molecular weight excluding hydrogens is 244 g/mol. The quantitative estimate of drug-likeness (QED) is 0.902. The van der Waals surface area contributed by atoms with E-state index in [4.69, 9.17) is 0 Å². The lowest BCUT2D eigenvalue weighted by molar-refractivity contribution is 0.155. The molecule has 1 aliphatic carbocycles. The van der Waals surface area contributed by atoms with Crippen molar-refractivity contribution >= 4 is 11.3 Å². The molecule has 0 saturated carbocycles. The van der Waals surface area contributed by atoms with Crippen LogP contribution in [0, 0.1) is 6.92 Å². The first-order chi connectivity index (χ1) is 8.68. The van der Waals surface area contributed by atoms with Gasteiger partial charge in [0.05, 0.1) is 12.1 Å². The van der Waals surface area contributed by atoms with E-state index in [1.54, 1.807) is 11.3 Å². The van der Waals surface area contributed by atoms with Crippen molar-refractivity contribution in [3.63, 3.8) is 0 Å². The van der Waals surface area contributed by atoms with E-state index in [2.05, 4.69) is 29.5 Å². The number of hydrogen-bond acceptors (Lipinski definition) is 3. The van der Waals surface area contributed by atoms with E-state index in [1.807, 2.05) is 11.6 Å². The summed E-state index contributed by atoms with van der Waals surface area (Å²) in [4.78, 5) is 4.42. The number of aliphatic hydroxyl groups is 1. The van der Waals surface area contributed by atoms with Crippen molar-refractivity contribution in [2.75, 3.05) is 0 Å². The number of aryl methyl sites for hydroxylation is 1. The SMILES string of the molecule is Cc1cc2c(n1C(C)c1nccs1)CCCC2O. The first-order valence-electron chi connectivity index (χ1n) is 6.46. The second-order valence-corrected chi connectivity index (χ2v) is 5.94. The van der Waals surface area contributed by atoms with Gasteiger partial charge in [0, 0.05) is 28.5 Å². The summed E-state index contributed by atoms with van der Waals surface area (Å²) in [5.41, 5.74) is 3.65. The standard InChI is InChI=1S/C14H18N2OS/c1-9-8-11-12(4-3-5-13(11)17)16(9)10(2)14-15-6-7-18-14/h6-8,10,13,17H,3-5H2,1-2H3. The van der Waals surface area contributed by atoms with Crippen LogP contribution < -0.4 is 0 Å². The molecule has 3 nitrogen and oxygen atoms in total. The number of thiazole rings is 1. The highest BCUT2D eigenvalue weighted by molar-refractivity contribution is 7.09. The van der Waals surface area contributed by atoms with Crippen LogP contribution in [0.2, 0.25) is 0 Å². The highest BCUT2D eigenvalue weighted by atomic mass is 32.1. The van der Waals surface area contributed by atoms with Crippen LogP contribution in [0.1, 0.15) is 53.9 Å². The van der Waals surface area contributed by atoms with Crippen LogP contribution in [-0.2, 0) is 6.42 Å². The van der Waals surface area contributed by atoms with Crippen molar-refractivity contribution in [3.05, 3.63) is 39.6 Å². The van der Waals surface area contributed by atoms with Gasteiger partial charge in [0.1, 0.15) is 5.01 Å². The summed E-state index contributed by atoms with van der Waals surface area (Å²) in [6.45, 7) is 4.31. The molecule has 2 unspecified atom stereocenters. The van der Waals surface area contributed by atoms with Gasteiger partial charge in [-0.3, -0.25) is 0 Å². The van der Waals surface area contributed by atoms with Crippen molar-refractivity contribution in [3.8, 4) is 0 Å². The van der Waals surface area contributed by atoms with Crippen molar-refractivity contribution < 1.29 is 5.11 Å². The molecule has 0 saturated heterocycles. The predicted octanol–water partition coefficient (Wildman–Crippen LogP) is 3.23. The molecule has 0 fully saturated rings. The second-order valence-electron chi connectivity index (χ2n) is 5.01. The van der Waals surface area contributed by atoms with Crippen LogP contribution in [0.15, 0.2) is 17.6 Å². The maximum atomic E-state index is 10.1. The fraction of sp³-hybridized carbons (Fsp3) is 0.500. The van der Waals surface area contributed by atoms with Crippen molar-refractivity contribution in [1.82, 2.24) is 9.55 Å². The Hall–Kier alpha value is -1.13. The van der Waals surface area contributed by atoms with Gasteiger partial charge in [0.25, 0.3) is 0 Å². The molecule has 18 heavy (non-hydrogen) atoms. The molecule has 2 heterocycles. The molecule has 0 amide bonds. The van der Waals surface area contributed by atoms with Gasteiger partial charge in [-0.25, -0.2) is 4.98 Å². The molecule has 1 N–H and O–H groups in total. The van der Waals surface area contributed by atoms with E-state index in [1.165, 1.54) is 11.4 Å². The Bertz CT molecular complexity index is 544. The molecule has 0 spiro atoms. The molecule has 0 bridgehead atoms. The zero-order valence-electron chi connectivity index (χ0n) is 10.8. The van der Waals surface area contributed by atoms with Gasteiger partial charge in [0.2, 0.25) is 0 Å². The number of rotatable bonds is 2. The molecule has 2 aromatic rings. The maximum Gasteiger partial charge on any atom is 0.115 e. The molecule has 2 aromatic heterocycles. The summed E-state index contributed by atoms with van der Waals surface area (Å²) in [5.74, 6) is 0. The van der Waals surface area contributed by atoms with Gasteiger partial charge in [0.15, 0.2) is 0 Å². The average Bonchev–Trinajstić information content (AvgIpc) is 2.96. The molecule has 3 rings (SSSR count). The Balaban J connectivity index is 2.07. The zero-order chi connectivity index (χ0) is 12.7. The molecule has 0 aromatic carbocycles. The molecule has 2 atom stereocenters. The van der Waals surface area contributed by atoms with Gasteiger partial charge in [-0.15, -0.1) is 11.3 Å². The molecule has 0 radical (unpaired) electrons. The van der Waals surface area contributed by atoms with Crippen molar-refractivity contribution in [2.45, 2.75) is 45.3 Å². The Morgan fingerprint density at radius 1 is 1.56 bits per heavy atom. The topological polar surface area (TPSA) is 38.0 Å². The Morgan fingerprint density at radius 3 is 3.11 bits per heavy atom. The van der Waals surface area contributed by atoms with Gasteiger partial charge in [-0.1, -0.05) is 0 Å². The van der Waals surface area contributed by atoms with Gasteiger partial charge >= 0.3 is 0 Å². The molecule has 96 valence electrons. The van der Waals surface area contributed by atoms with E-state index in [9.17, 15) is 5.11 Å². The fourth-order valence-electron chi connectivity index (χ4n) is 2.99. The fourth-order valence-corrected chi connectivity index (χ4v) is 3.68. The summed E-state index contributed by atoms with van der Waals surface area (Å²) >= 11 is 1.69. The van der Waals surface area contributed by atoms with E-state index in [0.29, 0.717) is 0 Å². The van der Waals surface area contributed by atoms with E-state index in [0.717, 1.165) is 29.8 Å². The normalized spacial score (nSPS) is 20.7. The molecule has 0 aliphatic heterocycles. The third kappa shape index (κ3) is 1.80. The van der Waals surface area contributed by atoms with Crippen LogP contribution in [-0.4, -0.2) is 14.7 Å². The van der Waals surface area contributed by atoms with Gasteiger partial charge in [-0.05, 0) is 39.2 Å². The zero-order valence-corrected chi connectivity index (χ0v) is 11.6. The lowest BCUT2D eigenvalue weighted by atomic mass is 9.95.